The van der Waals surface area contributed by atoms with Crippen LogP contribution >= 0.6 is 0 Å². The van der Waals surface area contributed by atoms with Gasteiger partial charge in [-0.1, -0.05) is 6.07 Å². The highest BCUT2D eigenvalue weighted by atomic mass is 19.4. The van der Waals surface area contributed by atoms with Gasteiger partial charge < -0.3 is 25.2 Å². The smallest absolute Gasteiger partial charge is 0.416 e. The number of benzene rings is 2. The molecule has 0 saturated carbocycles. The van der Waals surface area contributed by atoms with Crippen LogP contribution in [0.15, 0.2) is 36.4 Å². The van der Waals surface area contributed by atoms with Gasteiger partial charge in [-0.25, -0.2) is 14.0 Å². The minimum absolute atomic E-state index is 0.0478. The van der Waals surface area contributed by atoms with Crippen LogP contribution in [0.3, 0.4) is 0 Å². The maximum atomic E-state index is 14.0. The molecule has 2 aromatic carbocycles. The molecular weight excluding hydrogens is 609 g/mol. The van der Waals surface area contributed by atoms with Crippen molar-refractivity contribution >= 4 is 12.1 Å². The number of nitrogens with one attached hydrogen (secondary N) is 2. The minimum atomic E-state index is -5.03. The van der Waals surface area contributed by atoms with E-state index in [2.05, 4.69) is 10.6 Å². The van der Waals surface area contributed by atoms with E-state index in [0.717, 1.165) is 4.90 Å². The predicted molar refractivity (Wildman–Crippen MR) is 154 cm³/mol. The van der Waals surface area contributed by atoms with Gasteiger partial charge in [-0.15, -0.1) is 0 Å². The number of ether oxygens (including phenoxy) is 1. The summed E-state index contributed by atoms with van der Waals surface area (Å²) < 4.78 is 100. The molecule has 250 valence electrons. The molecule has 0 aromatic heterocycles. The minimum Gasteiger partial charge on any atom is -0.444 e. The summed E-state index contributed by atoms with van der Waals surface area (Å²) in [5, 5.41) is 6.00. The van der Waals surface area contributed by atoms with Gasteiger partial charge >= 0.3 is 24.5 Å². The Morgan fingerprint density at radius 1 is 1.00 bits per heavy atom. The Hall–Kier alpha value is -3.55. The van der Waals surface area contributed by atoms with Crippen molar-refractivity contribution in [2.45, 2.75) is 83.5 Å². The molecule has 0 bridgehead atoms. The number of carbonyl (C=O) groups excluding carboxylic acids is 2. The summed E-state index contributed by atoms with van der Waals surface area (Å²) in [5.41, 5.74) is -2.67. The highest BCUT2D eigenvalue weighted by Crippen LogP contribution is 2.39. The number of aryl methyl sites for hydroxylation is 1. The molecule has 3 atom stereocenters. The molecule has 7 nitrogen and oxygen atoms in total. The fourth-order valence-electron chi connectivity index (χ4n) is 5.25. The van der Waals surface area contributed by atoms with Crippen molar-refractivity contribution in [1.82, 2.24) is 20.4 Å². The highest BCUT2D eigenvalue weighted by molar-refractivity contribution is 5.75. The fraction of sp³-hybridized carbons (Fsp3) is 0.548. The van der Waals surface area contributed by atoms with Crippen molar-refractivity contribution in [3.8, 4) is 0 Å². The Morgan fingerprint density at radius 3 is 2.13 bits per heavy atom. The molecule has 14 heteroatoms. The van der Waals surface area contributed by atoms with E-state index < -0.39 is 59.1 Å². The summed E-state index contributed by atoms with van der Waals surface area (Å²) in [6.07, 6.45) is -9.76. The number of halogens is 7. The molecule has 1 fully saturated rings. The van der Waals surface area contributed by atoms with Crippen LogP contribution in [-0.4, -0.2) is 60.2 Å². The van der Waals surface area contributed by atoms with E-state index in [9.17, 15) is 40.3 Å². The molecule has 0 spiro atoms. The quantitative estimate of drug-likeness (QED) is 0.240. The van der Waals surface area contributed by atoms with E-state index >= 15 is 0 Å². The molecule has 3 amide bonds. The summed E-state index contributed by atoms with van der Waals surface area (Å²) in [4.78, 5) is 28.4. The molecular formula is C31H39F7N4O3. The Morgan fingerprint density at radius 2 is 1.60 bits per heavy atom. The lowest BCUT2D eigenvalue weighted by Gasteiger charge is -2.43. The van der Waals surface area contributed by atoms with Gasteiger partial charge in [-0.05, 0) is 94.5 Å². The van der Waals surface area contributed by atoms with Crippen molar-refractivity contribution in [1.29, 1.82) is 0 Å². The number of rotatable bonds is 7. The van der Waals surface area contributed by atoms with Gasteiger partial charge in [0.15, 0.2) is 0 Å². The van der Waals surface area contributed by atoms with Crippen molar-refractivity contribution in [2.24, 2.45) is 0 Å². The van der Waals surface area contributed by atoms with Crippen LogP contribution in [0.25, 0.3) is 0 Å². The second kappa shape index (κ2) is 13.8. The maximum absolute atomic E-state index is 14.0. The van der Waals surface area contributed by atoms with Gasteiger partial charge in [0.05, 0.1) is 23.2 Å². The van der Waals surface area contributed by atoms with Crippen molar-refractivity contribution in [3.05, 3.63) is 70.0 Å². The lowest BCUT2D eigenvalue weighted by molar-refractivity contribution is -0.143. The molecule has 1 aliphatic heterocycles. The van der Waals surface area contributed by atoms with E-state index in [1.807, 2.05) is 0 Å². The highest BCUT2D eigenvalue weighted by Gasteiger charge is 2.39. The Balaban J connectivity index is 1.82. The zero-order valence-electron chi connectivity index (χ0n) is 26.0. The van der Waals surface area contributed by atoms with Crippen LogP contribution in [0.4, 0.5) is 40.3 Å². The van der Waals surface area contributed by atoms with Crippen LogP contribution in [0.5, 0.6) is 0 Å². The molecule has 3 rings (SSSR count). The number of nitrogens with zero attached hydrogens (tertiary/aromatic N) is 2. The van der Waals surface area contributed by atoms with Crippen LogP contribution in [0.2, 0.25) is 0 Å². The number of alkyl carbamates (subject to hydrolysis) is 1. The van der Waals surface area contributed by atoms with Gasteiger partial charge in [0.25, 0.3) is 0 Å². The SMILES string of the molecule is Cc1cc(F)ccc1[C@H]1C[C@@H](NCCNC(=O)OC(C)(C)C)CCN1C(=O)N(C)[C@H](C)c1cc(C(F)(F)F)cc(C(F)(F)F)c1. The topological polar surface area (TPSA) is 73.9 Å². The molecule has 0 aliphatic carbocycles. The molecule has 1 saturated heterocycles. The van der Waals surface area contributed by atoms with Crippen molar-refractivity contribution in [3.63, 3.8) is 0 Å². The Kier molecular flexibility index (Phi) is 11.0. The number of hydrogen-bond acceptors (Lipinski definition) is 4. The average Bonchev–Trinajstić information content (AvgIpc) is 2.92. The fourth-order valence-corrected chi connectivity index (χ4v) is 5.25. The third kappa shape index (κ3) is 9.72. The van der Waals surface area contributed by atoms with E-state index in [0.29, 0.717) is 42.6 Å². The van der Waals surface area contributed by atoms with E-state index in [1.165, 1.54) is 31.0 Å². The number of hydrogen-bond donors (Lipinski definition) is 2. The molecule has 0 radical (unpaired) electrons. The molecule has 45 heavy (non-hydrogen) atoms. The summed E-state index contributed by atoms with van der Waals surface area (Å²) in [6.45, 7) is 9.14. The normalized spacial score (nSPS) is 18.4. The van der Waals surface area contributed by atoms with Crippen LogP contribution in [-0.2, 0) is 17.1 Å². The molecule has 1 aliphatic rings. The van der Waals surface area contributed by atoms with Crippen molar-refractivity contribution in [2.75, 3.05) is 26.7 Å². The first-order valence-corrected chi connectivity index (χ1v) is 14.5. The predicted octanol–water partition coefficient (Wildman–Crippen LogP) is 7.60. The van der Waals surface area contributed by atoms with Gasteiger partial charge in [0, 0.05) is 32.7 Å². The third-order valence-electron chi connectivity index (χ3n) is 7.64. The number of amides is 3. The monoisotopic (exact) mass is 648 g/mol. The zero-order chi connectivity index (χ0) is 33.9. The lowest BCUT2D eigenvalue weighted by Crippen LogP contribution is -2.51. The van der Waals surface area contributed by atoms with E-state index in [-0.39, 0.29) is 30.8 Å². The van der Waals surface area contributed by atoms with Gasteiger partial charge in [-0.2, -0.15) is 26.3 Å². The van der Waals surface area contributed by atoms with Gasteiger partial charge in [-0.3, -0.25) is 0 Å². The number of piperidine rings is 1. The summed E-state index contributed by atoms with van der Waals surface area (Å²) in [7, 11) is 1.32. The standard InChI is InChI=1S/C31H39F7N4O3/c1-18-13-23(32)7-8-25(18)26-17-24(39-10-11-40-27(43)45-29(3,4)5)9-12-42(26)28(44)41(6)19(2)20-14-21(30(33,34)35)16-22(15-20)31(36,37)38/h7-8,13-16,19,24,26,39H,9-12,17H2,1-6H3,(H,40,43)/t19-,24+,26-/m1/s1. The average molecular weight is 649 g/mol. The number of likely N-dealkylation sites (tertiary alicyclic amines) is 1. The Labute approximate surface area is 258 Å². The van der Waals surface area contributed by atoms with Gasteiger partial charge in [0.2, 0.25) is 0 Å². The number of alkyl halides is 6. The van der Waals surface area contributed by atoms with Gasteiger partial charge in [0.1, 0.15) is 11.4 Å². The number of urea groups is 1. The molecule has 2 N–H and O–H groups in total. The van der Waals surface area contributed by atoms with Crippen LogP contribution < -0.4 is 10.6 Å². The lowest BCUT2D eigenvalue weighted by atomic mass is 9.89. The molecule has 0 unspecified atom stereocenters. The summed E-state index contributed by atoms with van der Waals surface area (Å²) in [6, 6.07) is 2.99. The largest absolute Gasteiger partial charge is 0.444 e. The third-order valence-corrected chi connectivity index (χ3v) is 7.64. The summed E-state index contributed by atoms with van der Waals surface area (Å²) >= 11 is 0. The second-order valence-corrected chi connectivity index (χ2v) is 12.2. The molecule has 2 aromatic rings. The van der Waals surface area contributed by atoms with E-state index in [4.69, 9.17) is 4.74 Å². The van der Waals surface area contributed by atoms with Crippen molar-refractivity contribution < 1.29 is 45.1 Å². The summed E-state index contributed by atoms with van der Waals surface area (Å²) in [5.74, 6) is -0.469. The van der Waals surface area contributed by atoms with Crippen LogP contribution in [0, 0.1) is 12.7 Å². The molecule has 1 heterocycles. The number of carbonyl (C=O) groups is 2. The Bertz CT molecular complexity index is 1330. The first kappa shape index (κ1) is 35.9. The zero-order valence-corrected chi connectivity index (χ0v) is 26.0. The first-order valence-electron chi connectivity index (χ1n) is 14.5. The maximum Gasteiger partial charge on any atom is 0.416 e. The second-order valence-electron chi connectivity index (χ2n) is 12.2. The van der Waals surface area contributed by atoms with E-state index in [1.54, 1.807) is 33.8 Å². The first-order chi connectivity index (χ1) is 20.7. The van der Waals surface area contributed by atoms with Crippen LogP contribution in [0.1, 0.15) is 80.4 Å².